The van der Waals surface area contributed by atoms with Gasteiger partial charge in [-0.1, -0.05) is 51.8 Å². The van der Waals surface area contributed by atoms with E-state index in [0.29, 0.717) is 18.3 Å². The van der Waals surface area contributed by atoms with Crippen LogP contribution in [0.1, 0.15) is 65.4 Å². The first kappa shape index (κ1) is 22.4. The van der Waals surface area contributed by atoms with Crippen LogP contribution in [0, 0.1) is 23.5 Å². The van der Waals surface area contributed by atoms with Crippen LogP contribution in [0.25, 0.3) is 5.57 Å². The van der Waals surface area contributed by atoms with Crippen molar-refractivity contribution in [3.8, 4) is 5.75 Å². The molecule has 2 atom stereocenters. The summed E-state index contributed by atoms with van der Waals surface area (Å²) < 4.78 is 36.0. The highest BCUT2D eigenvalue weighted by atomic mass is 19.1. The third-order valence-corrected chi connectivity index (χ3v) is 5.65. The lowest BCUT2D eigenvalue weighted by Gasteiger charge is -2.24. The van der Waals surface area contributed by atoms with E-state index in [4.69, 9.17) is 4.74 Å². The molecule has 0 spiro atoms. The molecule has 0 bridgehead atoms. The Balaban J connectivity index is 2.44. The molecule has 4 heteroatoms. The van der Waals surface area contributed by atoms with Gasteiger partial charge in [-0.3, -0.25) is 0 Å². The summed E-state index contributed by atoms with van der Waals surface area (Å²) >= 11 is 0. The number of anilines is 1. The quantitative estimate of drug-likeness (QED) is 0.420. The number of methoxy groups -OCH3 is 1. The second kappa shape index (κ2) is 10.1. The summed E-state index contributed by atoms with van der Waals surface area (Å²) in [5, 5.41) is 0. The van der Waals surface area contributed by atoms with E-state index < -0.39 is 11.6 Å². The highest BCUT2D eigenvalue weighted by molar-refractivity contribution is 5.74. The minimum Gasteiger partial charge on any atom is -0.491 e. The summed E-state index contributed by atoms with van der Waals surface area (Å²) in [6, 6.07) is 1.33. The normalized spacial score (nSPS) is 20.0. The van der Waals surface area contributed by atoms with Crippen molar-refractivity contribution in [2.45, 2.75) is 59.8 Å². The van der Waals surface area contributed by atoms with Crippen molar-refractivity contribution in [2.24, 2.45) is 11.8 Å². The Morgan fingerprint density at radius 2 is 2.04 bits per heavy atom. The van der Waals surface area contributed by atoms with Gasteiger partial charge in [-0.2, -0.15) is 0 Å². The number of benzene rings is 1. The third kappa shape index (κ3) is 4.95. The van der Waals surface area contributed by atoms with Crippen molar-refractivity contribution in [1.82, 2.24) is 0 Å². The lowest BCUT2D eigenvalue weighted by atomic mass is 9.93. The van der Waals surface area contributed by atoms with Gasteiger partial charge in [-0.05, 0) is 49.7 Å². The van der Waals surface area contributed by atoms with E-state index in [1.54, 1.807) is 0 Å². The van der Waals surface area contributed by atoms with E-state index in [-0.39, 0.29) is 17.0 Å². The molecule has 28 heavy (non-hydrogen) atoms. The Labute approximate surface area is 169 Å². The van der Waals surface area contributed by atoms with E-state index in [1.807, 2.05) is 24.8 Å². The molecule has 0 saturated carbocycles. The molecule has 1 aromatic rings. The summed E-state index contributed by atoms with van der Waals surface area (Å²) in [7, 11) is 1.42. The first-order valence-electron chi connectivity index (χ1n) is 10.5. The predicted octanol–water partition coefficient (Wildman–Crippen LogP) is 7.00. The van der Waals surface area contributed by atoms with Gasteiger partial charge >= 0.3 is 0 Å². The van der Waals surface area contributed by atoms with Gasteiger partial charge in [0.25, 0.3) is 0 Å². The van der Waals surface area contributed by atoms with Crippen LogP contribution in [0.2, 0.25) is 0 Å². The van der Waals surface area contributed by atoms with Crippen molar-refractivity contribution in [1.29, 1.82) is 0 Å². The first-order valence-corrected chi connectivity index (χ1v) is 10.5. The molecule has 0 aliphatic carbocycles. The van der Waals surface area contributed by atoms with Crippen molar-refractivity contribution < 1.29 is 13.5 Å². The second-order valence-corrected chi connectivity index (χ2v) is 8.16. The highest BCUT2D eigenvalue weighted by Gasteiger charge is 2.34. The van der Waals surface area contributed by atoms with E-state index >= 15 is 8.78 Å². The average Bonchev–Trinajstić information content (AvgIpc) is 3.00. The minimum atomic E-state index is -0.482. The van der Waals surface area contributed by atoms with Crippen LogP contribution in [0.5, 0.6) is 5.75 Å². The molecule has 1 aliphatic rings. The maximum atomic E-state index is 15.4. The number of unbranched alkanes of at least 4 members (excludes halogenated alkanes) is 1. The minimum absolute atomic E-state index is 0.0158. The molecule has 1 heterocycles. The molecule has 1 saturated heterocycles. The Kier molecular flexibility index (Phi) is 8.09. The fourth-order valence-corrected chi connectivity index (χ4v) is 4.22. The largest absolute Gasteiger partial charge is 0.491 e. The van der Waals surface area contributed by atoms with Crippen LogP contribution < -0.4 is 9.64 Å². The molecule has 0 radical (unpaired) electrons. The van der Waals surface area contributed by atoms with Gasteiger partial charge in [-0.25, -0.2) is 8.78 Å². The molecule has 0 amide bonds. The van der Waals surface area contributed by atoms with Crippen LogP contribution in [-0.4, -0.2) is 20.2 Å². The number of halogens is 2. The van der Waals surface area contributed by atoms with E-state index in [1.165, 1.54) is 19.6 Å². The fraction of sp³-hybridized carbons (Fsp3) is 0.583. The first-order chi connectivity index (χ1) is 13.3. The molecule has 1 aliphatic heterocycles. The van der Waals surface area contributed by atoms with Gasteiger partial charge in [-0.15, -0.1) is 0 Å². The maximum absolute atomic E-state index is 15.4. The van der Waals surface area contributed by atoms with Crippen molar-refractivity contribution in [2.75, 3.05) is 25.1 Å². The van der Waals surface area contributed by atoms with E-state index in [2.05, 4.69) is 20.4 Å². The Morgan fingerprint density at radius 1 is 1.32 bits per heavy atom. The molecular formula is C24H35F2NO. The highest BCUT2D eigenvalue weighted by Crippen LogP contribution is 2.42. The lowest BCUT2D eigenvalue weighted by molar-refractivity contribution is 0.382. The molecule has 0 aromatic heterocycles. The van der Waals surface area contributed by atoms with Crippen molar-refractivity contribution in [3.05, 3.63) is 41.5 Å². The zero-order chi connectivity index (χ0) is 20.8. The fourth-order valence-electron chi connectivity index (χ4n) is 4.22. The van der Waals surface area contributed by atoms with Gasteiger partial charge in [0.1, 0.15) is 5.69 Å². The molecule has 2 unspecified atom stereocenters. The Morgan fingerprint density at radius 3 is 2.61 bits per heavy atom. The average molecular weight is 392 g/mol. The predicted molar refractivity (Wildman–Crippen MR) is 115 cm³/mol. The number of allylic oxidation sites excluding steroid dienone is 3. The molecule has 2 nitrogen and oxygen atoms in total. The number of rotatable bonds is 9. The molecule has 0 N–H and O–H groups in total. The van der Waals surface area contributed by atoms with Crippen LogP contribution in [0.3, 0.4) is 0 Å². The van der Waals surface area contributed by atoms with Gasteiger partial charge in [0, 0.05) is 18.7 Å². The van der Waals surface area contributed by atoms with Gasteiger partial charge in [0.15, 0.2) is 17.4 Å². The molecule has 1 aromatic carbocycles. The summed E-state index contributed by atoms with van der Waals surface area (Å²) in [4.78, 5) is 1.97. The zero-order valence-electron chi connectivity index (χ0n) is 18.1. The van der Waals surface area contributed by atoms with Crippen LogP contribution in [-0.2, 0) is 0 Å². The van der Waals surface area contributed by atoms with Crippen LogP contribution in [0.15, 0.2) is 24.3 Å². The number of nitrogens with zero attached hydrogens (tertiary/aromatic N) is 1. The molecule has 1 fully saturated rings. The standard InChI is InChI=1S/C24H35F2NO/c1-7-9-11-19-15-27(14-17(19)5)23-21(25)13-20(22(26)24(23)28-6)18(10-8-2)12-16(3)4/h10,13,17,19H,3,7-9,11-12,14-15H2,1-2,4-6H3/b18-10-. The van der Waals surface area contributed by atoms with Gasteiger partial charge in [0.05, 0.1) is 7.11 Å². The number of ether oxygens (including phenoxy) is 1. The maximum Gasteiger partial charge on any atom is 0.181 e. The molecule has 2 rings (SSSR count). The summed E-state index contributed by atoms with van der Waals surface area (Å²) in [5.74, 6) is 0.0787. The molecular weight excluding hydrogens is 356 g/mol. The van der Waals surface area contributed by atoms with Crippen molar-refractivity contribution >= 4 is 11.3 Å². The Hall–Kier alpha value is -1.84. The second-order valence-electron chi connectivity index (χ2n) is 8.16. The third-order valence-electron chi connectivity index (χ3n) is 5.65. The lowest BCUT2D eigenvalue weighted by Crippen LogP contribution is -2.22. The smallest absolute Gasteiger partial charge is 0.181 e. The van der Waals surface area contributed by atoms with Crippen molar-refractivity contribution in [3.63, 3.8) is 0 Å². The zero-order valence-corrected chi connectivity index (χ0v) is 18.1. The number of hydrogen-bond acceptors (Lipinski definition) is 2. The SMILES string of the molecule is C=C(C)C/C(=C/CC)c1cc(F)c(N2CC(C)C(CCCC)C2)c(OC)c1F. The topological polar surface area (TPSA) is 12.5 Å². The summed E-state index contributed by atoms with van der Waals surface area (Å²) in [6.07, 6.45) is 6.65. The van der Waals surface area contributed by atoms with Gasteiger partial charge in [0.2, 0.25) is 0 Å². The van der Waals surface area contributed by atoms with Crippen LogP contribution in [0.4, 0.5) is 14.5 Å². The van der Waals surface area contributed by atoms with E-state index in [9.17, 15) is 0 Å². The summed E-state index contributed by atoms with van der Waals surface area (Å²) in [5.41, 5.74) is 2.21. The Bertz CT molecular complexity index is 726. The van der Waals surface area contributed by atoms with Gasteiger partial charge < -0.3 is 9.64 Å². The monoisotopic (exact) mass is 391 g/mol. The van der Waals surface area contributed by atoms with Crippen LogP contribution >= 0.6 is 0 Å². The number of hydrogen-bond donors (Lipinski definition) is 0. The van der Waals surface area contributed by atoms with E-state index in [0.717, 1.165) is 43.5 Å². The molecule has 156 valence electrons. The summed E-state index contributed by atoms with van der Waals surface area (Å²) in [6.45, 7) is 13.7.